The number of halogens is 1. The van der Waals surface area contributed by atoms with Crippen LogP contribution in [-0.2, 0) is 5.75 Å². The lowest BCUT2D eigenvalue weighted by Crippen LogP contribution is -2.08. The fourth-order valence-corrected chi connectivity index (χ4v) is 3.90. The van der Waals surface area contributed by atoms with Crippen molar-refractivity contribution in [2.45, 2.75) is 43.1 Å². The summed E-state index contributed by atoms with van der Waals surface area (Å²) in [5.74, 6) is 0.874. The van der Waals surface area contributed by atoms with E-state index in [2.05, 4.69) is 15.9 Å². The maximum atomic E-state index is 10.8. The molecular weight excluding hydrogens is 314 g/mol. The summed E-state index contributed by atoms with van der Waals surface area (Å²) in [5, 5.41) is 11.6. The number of hydrogen-bond acceptors (Lipinski definition) is 3. The molecule has 0 spiro atoms. The molecule has 0 aromatic heterocycles. The Labute approximate surface area is 120 Å². The first kappa shape index (κ1) is 13.9. The van der Waals surface area contributed by atoms with Crippen molar-refractivity contribution in [1.82, 2.24) is 0 Å². The number of rotatable bonds is 4. The summed E-state index contributed by atoms with van der Waals surface area (Å²) < 4.78 is 0.555. The van der Waals surface area contributed by atoms with Crippen LogP contribution in [0.5, 0.6) is 0 Å². The highest BCUT2D eigenvalue weighted by atomic mass is 79.9. The van der Waals surface area contributed by atoms with Gasteiger partial charge in [0.15, 0.2) is 0 Å². The van der Waals surface area contributed by atoms with Gasteiger partial charge in [0.05, 0.1) is 9.40 Å². The van der Waals surface area contributed by atoms with Gasteiger partial charge in [-0.3, -0.25) is 10.1 Å². The molecule has 18 heavy (non-hydrogen) atoms. The van der Waals surface area contributed by atoms with Gasteiger partial charge < -0.3 is 0 Å². The number of thioether (sulfide) groups is 1. The second-order valence-electron chi connectivity index (χ2n) is 4.61. The lowest BCUT2D eigenvalue weighted by atomic mass is 10.0. The van der Waals surface area contributed by atoms with E-state index in [0.29, 0.717) is 4.47 Å². The van der Waals surface area contributed by atoms with Gasteiger partial charge in [0.1, 0.15) is 0 Å². The van der Waals surface area contributed by atoms with Crippen molar-refractivity contribution in [1.29, 1.82) is 0 Å². The second-order valence-corrected chi connectivity index (χ2v) is 6.76. The quantitative estimate of drug-likeness (QED) is 0.581. The molecule has 0 heterocycles. The summed E-state index contributed by atoms with van der Waals surface area (Å²) in [6.45, 7) is 0. The first-order valence-corrected chi connectivity index (χ1v) is 8.05. The number of nitro benzene ring substituents is 1. The van der Waals surface area contributed by atoms with E-state index in [1.807, 2.05) is 17.8 Å². The van der Waals surface area contributed by atoms with E-state index in [4.69, 9.17) is 0 Å². The average molecular weight is 330 g/mol. The molecule has 0 amide bonds. The van der Waals surface area contributed by atoms with E-state index in [-0.39, 0.29) is 10.6 Å². The van der Waals surface area contributed by atoms with E-state index < -0.39 is 0 Å². The smallest absolute Gasteiger partial charge is 0.258 e. The fraction of sp³-hybridized carbons (Fsp3) is 0.538. The van der Waals surface area contributed by atoms with Crippen LogP contribution < -0.4 is 0 Å². The molecule has 0 bridgehead atoms. The largest absolute Gasteiger partial charge is 0.283 e. The Morgan fingerprint density at radius 1 is 1.33 bits per heavy atom. The Kier molecular flexibility index (Phi) is 5.06. The van der Waals surface area contributed by atoms with Gasteiger partial charge in [-0.15, -0.1) is 0 Å². The zero-order valence-electron chi connectivity index (χ0n) is 10.1. The standard InChI is InChI=1S/C13H16BrNO2S/c14-12-7-6-10(8-13(12)15(16)17)9-18-11-4-2-1-3-5-11/h6-8,11H,1-5,9H2. The van der Waals surface area contributed by atoms with Crippen LogP contribution in [0.15, 0.2) is 22.7 Å². The molecule has 1 saturated carbocycles. The van der Waals surface area contributed by atoms with Gasteiger partial charge in [0, 0.05) is 17.1 Å². The summed E-state index contributed by atoms with van der Waals surface area (Å²) in [7, 11) is 0. The molecule has 0 radical (unpaired) electrons. The molecule has 5 heteroatoms. The molecule has 1 aliphatic carbocycles. The molecule has 1 aromatic carbocycles. The Balaban J connectivity index is 1.96. The van der Waals surface area contributed by atoms with Crippen LogP contribution in [0.3, 0.4) is 0 Å². The Hall–Kier alpha value is -0.550. The summed E-state index contributed by atoms with van der Waals surface area (Å²) in [5.41, 5.74) is 1.21. The Morgan fingerprint density at radius 2 is 2.06 bits per heavy atom. The van der Waals surface area contributed by atoms with Crippen molar-refractivity contribution >= 4 is 33.4 Å². The van der Waals surface area contributed by atoms with Crippen molar-refractivity contribution in [3.63, 3.8) is 0 Å². The molecule has 98 valence electrons. The van der Waals surface area contributed by atoms with Gasteiger partial charge in [0.25, 0.3) is 5.69 Å². The lowest BCUT2D eigenvalue weighted by molar-refractivity contribution is -0.385. The molecule has 1 aromatic rings. The van der Waals surface area contributed by atoms with Crippen molar-refractivity contribution in [3.8, 4) is 0 Å². The highest BCUT2D eigenvalue weighted by Crippen LogP contribution is 2.32. The molecule has 1 fully saturated rings. The molecule has 3 nitrogen and oxygen atoms in total. The normalized spacial score (nSPS) is 16.7. The van der Waals surface area contributed by atoms with Gasteiger partial charge in [-0.25, -0.2) is 0 Å². The zero-order chi connectivity index (χ0) is 13.0. The number of nitrogens with zero attached hydrogens (tertiary/aromatic N) is 1. The predicted octanol–water partition coefficient (Wildman–Crippen LogP) is 4.92. The van der Waals surface area contributed by atoms with Crippen LogP contribution in [0.4, 0.5) is 5.69 Å². The number of hydrogen-bond donors (Lipinski definition) is 0. The first-order chi connectivity index (χ1) is 8.66. The summed E-state index contributed by atoms with van der Waals surface area (Å²) >= 11 is 5.15. The second kappa shape index (κ2) is 6.57. The monoisotopic (exact) mass is 329 g/mol. The number of nitro groups is 1. The SMILES string of the molecule is O=[N+]([O-])c1cc(CSC2CCCCC2)ccc1Br. The van der Waals surface area contributed by atoms with E-state index in [0.717, 1.165) is 16.6 Å². The topological polar surface area (TPSA) is 43.1 Å². The minimum atomic E-state index is -0.334. The Morgan fingerprint density at radius 3 is 2.72 bits per heavy atom. The maximum Gasteiger partial charge on any atom is 0.283 e. The third-order valence-electron chi connectivity index (χ3n) is 3.25. The molecule has 0 atom stereocenters. The van der Waals surface area contributed by atoms with Crippen LogP contribution >= 0.6 is 27.7 Å². The molecule has 0 N–H and O–H groups in total. The van der Waals surface area contributed by atoms with Crippen LogP contribution in [0, 0.1) is 10.1 Å². The van der Waals surface area contributed by atoms with Gasteiger partial charge in [-0.2, -0.15) is 11.8 Å². The fourth-order valence-electron chi connectivity index (χ4n) is 2.23. The van der Waals surface area contributed by atoms with Crippen molar-refractivity contribution in [2.24, 2.45) is 0 Å². The minimum Gasteiger partial charge on any atom is -0.258 e. The van der Waals surface area contributed by atoms with Crippen LogP contribution in [-0.4, -0.2) is 10.2 Å². The van der Waals surface area contributed by atoms with Crippen molar-refractivity contribution < 1.29 is 4.92 Å². The van der Waals surface area contributed by atoms with Crippen molar-refractivity contribution in [2.75, 3.05) is 0 Å². The molecule has 0 aliphatic heterocycles. The van der Waals surface area contributed by atoms with E-state index >= 15 is 0 Å². The van der Waals surface area contributed by atoms with Gasteiger partial charge in [-0.1, -0.05) is 25.3 Å². The molecule has 0 saturated heterocycles. The highest BCUT2D eigenvalue weighted by molar-refractivity contribution is 9.10. The van der Waals surface area contributed by atoms with Crippen LogP contribution in [0.25, 0.3) is 0 Å². The summed E-state index contributed by atoms with van der Waals surface area (Å²) in [6.07, 6.45) is 6.61. The van der Waals surface area contributed by atoms with Gasteiger partial charge in [-0.05, 0) is 40.4 Å². The third kappa shape index (κ3) is 3.72. The molecule has 1 aliphatic rings. The Bertz CT molecular complexity index is 433. The number of benzene rings is 1. The molecular formula is C13H16BrNO2S. The van der Waals surface area contributed by atoms with Gasteiger partial charge >= 0.3 is 0 Å². The summed E-state index contributed by atoms with van der Waals surface area (Å²) in [6, 6.07) is 5.42. The minimum absolute atomic E-state index is 0.164. The van der Waals surface area contributed by atoms with Gasteiger partial charge in [0.2, 0.25) is 0 Å². The zero-order valence-corrected chi connectivity index (χ0v) is 12.5. The third-order valence-corrected chi connectivity index (χ3v) is 5.36. The first-order valence-electron chi connectivity index (χ1n) is 6.21. The summed E-state index contributed by atoms with van der Waals surface area (Å²) in [4.78, 5) is 10.5. The predicted molar refractivity (Wildman–Crippen MR) is 79.0 cm³/mol. The van der Waals surface area contributed by atoms with Crippen LogP contribution in [0.2, 0.25) is 0 Å². The van der Waals surface area contributed by atoms with Crippen LogP contribution in [0.1, 0.15) is 37.7 Å². The highest BCUT2D eigenvalue weighted by Gasteiger charge is 2.16. The molecule has 0 unspecified atom stereocenters. The lowest BCUT2D eigenvalue weighted by Gasteiger charge is -2.20. The maximum absolute atomic E-state index is 10.8. The molecule has 2 rings (SSSR count). The van der Waals surface area contributed by atoms with E-state index in [9.17, 15) is 10.1 Å². The van der Waals surface area contributed by atoms with E-state index in [1.165, 1.54) is 32.1 Å². The van der Waals surface area contributed by atoms with E-state index in [1.54, 1.807) is 12.1 Å². The van der Waals surface area contributed by atoms with Crippen molar-refractivity contribution in [3.05, 3.63) is 38.3 Å². The average Bonchev–Trinajstić information content (AvgIpc) is 2.38.